The molecule has 0 atom stereocenters. The number of aryl methyl sites for hydroxylation is 1. The summed E-state index contributed by atoms with van der Waals surface area (Å²) in [6.45, 7) is 1.77. The highest BCUT2D eigenvalue weighted by Gasteiger charge is 2.19. The number of para-hydroxylation sites is 1. The molecule has 0 unspecified atom stereocenters. The molecule has 0 saturated heterocycles. The Bertz CT molecular complexity index is 1310. The van der Waals surface area contributed by atoms with Gasteiger partial charge in [0.15, 0.2) is 11.5 Å². The van der Waals surface area contributed by atoms with Gasteiger partial charge in [0.1, 0.15) is 10.7 Å². The summed E-state index contributed by atoms with van der Waals surface area (Å²) in [4.78, 5) is 34.0. The van der Waals surface area contributed by atoms with Gasteiger partial charge in [0.2, 0.25) is 0 Å². The second-order valence-electron chi connectivity index (χ2n) is 6.94. The molecule has 158 valence electrons. The summed E-state index contributed by atoms with van der Waals surface area (Å²) in [6.07, 6.45) is 0.411. The number of carbonyl (C=O) groups is 1. The molecule has 7 nitrogen and oxygen atoms in total. The minimum atomic E-state index is -0.257. The number of aromatic amines is 1. The van der Waals surface area contributed by atoms with Crippen molar-refractivity contribution >= 4 is 33.1 Å². The van der Waals surface area contributed by atoms with Crippen molar-refractivity contribution in [2.24, 2.45) is 0 Å². The molecule has 0 radical (unpaired) electrons. The monoisotopic (exact) mass is 435 g/mol. The van der Waals surface area contributed by atoms with Crippen molar-refractivity contribution in [1.29, 1.82) is 0 Å². The first-order valence-corrected chi connectivity index (χ1v) is 10.4. The number of rotatable bonds is 6. The Morgan fingerprint density at radius 3 is 2.55 bits per heavy atom. The number of amides is 1. The fourth-order valence-corrected chi connectivity index (χ4v) is 4.48. The van der Waals surface area contributed by atoms with E-state index in [4.69, 9.17) is 9.47 Å². The van der Waals surface area contributed by atoms with Crippen LogP contribution in [0.3, 0.4) is 0 Å². The van der Waals surface area contributed by atoms with E-state index in [9.17, 15) is 9.59 Å². The maximum atomic E-state index is 12.8. The van der Waals surface area contributed by atoms with E-state index in [0.29, 0.717) is 50.1 Å². The zero-order valence-corrected chi connectivity index (χ0v) is 18.1. The van der Waals surface area contributed by atoms with Crippen molar-refractivity contribution in [3.8, 4) is 11.5 Å². The number of thiophene rings is 1. The molecule has 4 rings (SSSR count). The molecule has 0 spiro atoms. The molecule has 0 bridgehead atoms. The number of carbonyl (C=O) groups excluding carboxylic acids is 1. The van der Waals surface area contributed by atoms with Crippen molar-refractivity contribution in [3.63, 3.8) is 0 Å². The topological polar surface area (TPSA) is 93.3 Å². The van der Waals surface area contributed by atoms with Crippen LogP contribution in [0, 0.1) is 6.92 Å². The van der Waals surface area contributed by atoms with E-state index in [1.54, 1.807) is 21.1 Å². The minimum absolute atomic E-state index is 0.256. The van der Waals surface area contributed by atoms with Crippen molar-refractivity contribution in [2.45, 2.75) is 13.3 Å². The predicted octanol–water partition coefficient (Wildman–Crippen LogP) is 4.15. The van der Waals surface area contributed by atoms with Gasteiger partial charge in [-0.2, -0.15) is 0 Å². The third kappa shape index (κ3) is 4.15. The van der Waals surface area contributed by atoms with Gasteiger partial charge in [0, 0.05) is 12.1 Å². The third-order valence-electron chi connectivity index (χ3n) is 4.91. The van der Waals surface area contributed by atoms with Crippen LogP contribution in [0.5, 0.6) is 11.5 Å². The van der Waals surface area contributed by atoms with Crippen molar-refractivity contribution in [2.75, 3.05) is 19.5 Å². The first kappa shape index (κ1) is 20.6. The molecular weight excluding hydrogens is 414 g/mol. The third-order valence-corrected chi connectivity index (χ3v) is 6.09. The average molecular weight is 436 g/mol. The van der Waals surface area contributed by atoms with Gasteiger partial charge in [0.25, 0.3) is 11.5 Å². The number of hydrogen-bond donors (Lipinski definition) is 2. The zero-order valence-electron chi connectivity index (χ0n) is 17.3. The second kappa shape index (κ2) is 8.61. The smallest absolute Gasteiger partial charge is 0.266 e. The molecule has 0 aliphatic carbocycles. The van der Waals surface area contributed by atoms with E-state index in [0.717, 1.165) is 5.56 Å². The molecule has 2 aromatic carbocycles. The zero-order chi connectivity index (χ0) is 22.0. The molecule has 0 aliphatic heterocycles. The molecule has 4 aromatic rings. The summed E-state index contributed by atoms with van der Waals surface area (Å²) in [5, 5.41) is 3.31. The normalized spacial score (nSPS) is 10.8. The molecule has 2 heterocycles. The fraction of sp³-hybridized carbons (Fsp3) is 0.174. The Kier molecular flexibility index (Phi) is 5.73. The largest absolute Gasteiger partial charge is 0.493 e. The maximum absolute atomic E-state index is 12.8. The van der Waals surface area contributed by atoms with E-state index in [-0.39, 0.29) is 11.5 Å². The SMILES string of the molecule is COc1ccc(Cc2nc3sc(C(=O)Nc4ccccc4)c(C)c3c(=O)[nH]2)cc1OC. The van der Waals surface area contributed by atoms with Crippen LogP contribution in [-0.4, -0.2) is 30.1 Å². The van der Waals surface area contributed by atoms with Gasteiger partial charge in [-0.3, -0.25) is 9.59 Å². The van der Waals surface area contributed by atoms with Gasteiger partial charge >= 0.3 is 0 Å². The van der Waals surface area contributed by atoms with Crippen LogP contribution in [0.2, 0.25) is 0 Å². The highest BCUT2D eigenvalue weighted by Crippen LogP contribution is 2.30. The average Bonchev–Trinajstić information content (AvgIpc) is 3.11. The molecule has 1 amide bonds. The highest BCUT2D eigenvalue weighted by atomic mass is 32.1. The molecular formula is C23H21N3O4S. The van der Waals surface area contributed by atoms with E-state index < -0.39 is 0 Å². The maximum Gasteiger partial charge on any atom is 0.266 e. The van der Waals surface area contributed by atoms with Crippen molar-refractivity contribution < 1.29 is 14.3 Å². The molecule has 31 heavy (non-hydrogen) atoms. The second-order valence-corrected chi connectivity index (χ2v) is 7.93. The van der Waals surface area contributed by atoms with Crippen LogP contribution in [0.1, 0.15) is 26.6 Å². The van der Waals surface area contributed by atoms with Gasteiger partial charge in [0.05, 0.1) is 24.5 Å². The lowest BCUT2D eigenvalue weighted by atomic mass is 10.1. The van der Waals surface area contributed by atoms with Crippen molar-refractivity contribution in [3.05, 3.63) is 80.7 Å². The highest BCUT2D eigenvalue weighted by molar-refractivity contribution is 7.20. The summed E-state index contributed by atoms with van der Waals surface area (Å²) in [6, 6.07) is 14.8. The van der Waals surface area contributed by atoms with Crippen LogP contribution in [0.4, 0.5) is 5.69 Å². The summed E-state index contributed by atoms with van der Waals surface area (Å²) >= 11 is 1.22. The van der Waals surface area contributed by atoms with Crippen LogP contribution in [0.25, 0.3) is 10.2 Å². The van der Waals surface area contributed by atoms with Gasteiger partial charge in [-0.25, -0.2) is 4.98 Å². The Labute approximate surface area is 182 Å². The number of anilines is 1. The Hall–Kier alpha value is -3.65. The van der Waals surface area contributed by atoms with Gasteiger partial charge in [-0.1, -0.05) is 24.3 Å². The minimum Gasteiger partial charge on any atom is -0.493 e. The number of hydrogen-bond acceptors (Lipinski definition) is 6. The van der Waals surface area contributed by atoms with E-state index in [2.05, 4.69) is 15.3 Å². The number of methoxy groups -OCH3 is 2. The fourth-order valence-electron chi connectivity index (χ4n) is 3.38. The molecule has 2 N–H and O–H groups in total. The molecule has 0 fully saturated rings. The lowest BCUT2D eigenvalue weighted by Crippen LogP contribution is -2.13. The Morgan fingerprint density at radius 1 is 1.10 bits per heavy atom. The van der Waals surface area contributed by atoms with Gasteiger partial charge < -0.3 is 19.8 Å². The van der Waals surface area contributed by atoms with Crippen LogP contribution in [0.15, 0.2) is 53.3 Å². The molecule has 2 aromatic heterocycles. The Morgan fingerprint density at radius 2 is 1.84 bits per heavy atom. The number of fused-ring (bicyclic) bond motifs is 1. The standard InChI is InChI=1S/C23H21N3O4S/c1-13-19-21(27)25-18(12-14-9-10-16(29-2)17(11-14)30-3)26-23(19)31-20(13)22(28)24-15-7-5-4-6-8-15/h4-11H,12H2,1-3H3,(H,24,28)(H,25,26,27). The number of benzene rings is 2. The van der Waals surface area contributed by atoms with E-state index in [1.807, 2.05) is 48.5 Å². The predicted molar refractivity (Wildman–Crippen MR) is 122 cm³/mol. The first-order chi connectivity index (χ1) is 15.0. The van der Waals surface area contributed by atoms with Gasteiger partial charge in [-0.15, -0.1) is 11.3 Å². The van der Waals surface area contributed by atoms with Gasteiger partial charge in [-0.05, 0) is 42.3 Å². The number of nitrogens with one attached hydrogen (secondary N) is 2. The lowest BCUT2D eigenvalue weighted by molar-refractivity contribution is 0.103. The molecule has 0 aliphatic rings. The molecule has 0 saturated carbocycles. The summed E-state index contributed by atoms with van der Waals surface area (Å²) < 4.78 is 10.6. The van der Waals surface area contributed by atoms with Crippen molar-refractivity contribution in [1.82, 2.24) is 9.97 Å². The number of ether oxygens (including phenoxy) is 2. The number of H-pyrrole nitrogens is 1. The summed E-state index contributed by atoms with van der Waals surface area (Å²) in [5.74, 6) is 1.50. The summed E-state index contributed by atoms with van der Waals surface area (Å²) in [5.41, 5.74) is 1.98. The number of aromatic nitrogens is 2. The quantitative estimate of drug-likeness (QED) is 0.475. The van der Waals surface area contributed by atoms with Crippen LogP contribution < -0.4 is 20.3 Å². The van der Waals surface area contributed by atoms with Crippen LogP contribution >= 0.6 is 11.3 Å². The molecule has 8 heteroatoms. The Balaban J connectivity index is 1.66. The van der Waals surface area contributed by atoms with E-state index in [1.165, 1.54) is 11.3 Å². The number of nitrogens with zero attached hydrogens (tertiary/aromatic N) is 1. The first-order valence-electron chi connectivity index (χ1n) is 9.59. The van der Waals surface area contributed by atoms with E-state index >= 15 is 0 Å². The summed E-state index contributed by atoms with van der Waals surface area (Å²) in [7, 11) is 3.15. The lowest BCUT2D eigenvalue weighted by Gasteiger charge is -2.09. The van der Waals surface area contributed by atoms with Crippen LogP contribution in [-0.2, 0) is 6.42 Å².